The molecule has 0 spiro atoms. The van der Waals surface area contributed by atoms with Gasteiger partial charge in [0.05, 0.1) is 11.1 Å². The van der Waals surface area contributed by atoms with Crippen molar-refractivity contribution in [2.24, 2.45) is 0 Å². The quantitative estimate of drug-likeness (QED) is 0.814. The Hall–Kier alpha value is -2.54. The number of carboxylic acid groups (broad SMARTS) is 1. The average Bonchev–Trinajstić information content (AvgIpc) is 2.35. The van der Waals surface area contributed by atoms with Crippen LogP contribution in [0.2, 0.25) is 0 Å². The van der Waals surface area contributed by atoms with Crippen molar-refractivity contribution in [3.05, 3.63) is 35.9 Å². The van der Waals surface area contributed by atoms with Crippen molar-refractivity contribution in [3.63, 3.8) is 0 Å². The standard InChI is InChI=1S/C13H9NO3/c1-2-8-17-12-7-6-9-10(13(15)16)4-3-5-11(9)14-12/h1,3-7H,8H2,(H,15,16). The Bertz CT molecular complexity index is 614. The number of benzene rings is 1. The number of pyridine rings is 1. The summed E-state index contributed by atoms with van der Waals surface area (Å²) in [4.78, 5) is 15.2. The van der Waals surface area contributed by atoms with Crippen LogP contribution < -0.4 is 4.74 Å². The number of aromatic nitrogens is 1. The molecule has 0 bridgehead atoms. The van der Waals surface area contributed by atoms with E-state index in [1.807, 2.05) is 0 Å². The van der Waals surface area contributed by atoms with Crippen LogP contribution >= 0.6 is 0 Å². The summed E-state index contributed by atoms with van der Waals surface area (Å²) in [7, 11) is 0. The number of carboxylic acids is 1. The highest BCUT2D eigenvalue weighted by Crippen LogP contribution is 2.20. The van der Waals surface area contributed by atoms with Crippen LogP contribution in [0.15, 0.2) is 30.3 Å². The highest BCUT2D eigenvalue weighted by molar-refractivity contribution is 6.02. The van der Waals surface area contributed by atoms with Crippen molar-refractivity contribution in [2.75, 3.05) is 6.61 Å². The molecule has 17 heavy (non-hydrogen) atoms. The van der Waals surface area contributed by atoms with Gasteiger partial charge in [0.25, 0.3) is 0 Å². The van der Waals surface area contributed by atoms with E-state index in [0.29, 0.717) is 16.8 Å². The number of aromatic carboxylic acids is 1. The zero-order chi connectivity index (χ0) is 12.3. The highest BCUT2D eigenvalue weighted by atomic mass is 16.5. The monoisotopic (exact) mass is 227 g/mol. The molecular weight excluding hydrogens is 218 g/mol. The van der Waals surface area contributed by atoms with Gasteiger partial charge in [0, 0.05) is 11.5 Å². The van der Waals surface area contributed by atoms with Crippen LogP contribution in [-0.4, -0.2) is 22.7 Å². The molecule has 1 aromatic carbocycles. The predicted octanol–water partition coefficient (Wildman–Crippen LogP) is 1.95. The minimum Gasteiger partial charge on any atom is -0.478 e. The zero-order valence-corrected chi connectivity index (χ0v) is 8.88. The van der Waals surface area contributed by atoms with E-state index in [-0.39, 0.29) is 12.2 Å². The molecule has 0 atom stereocenters. The van der Waals surface area contributed by atoms with Crippen LogP contribution in [0.4, 0.5) is 0 Å². The van der Waals surface area contributed by atoms with Crippen molar-refractivity contribution in [1.29, 1.82) is 0 Å². The van der Waals surface area contributed by atoms with E-state index in [1.165, 1.54) is 6.07 Å². The smallest absolute Gasteiger partial charge is 0.336 e. The lowest BCUT2D eigenvalue weighted by molar-refractivity contribution is 0.0699. The Kier molecular flexibility index (Phi) is 2.93. The number of rotatable bonds is 3. The molecule has 2 aromatic rings. The molecule has 4 nitrogen and oxygen atoms in total. The van der Waals surface area contributed by atoms with Gasteiger partial charge in [-0.3, -0.25) is 0 Å². The maximum atomic E-state index is 11.0. The van der Waals surface area contributed by atoms with Crippen LogP contribution in [0.1, 0.15) is 10.4 Å². The second kappa shape index (κ2) is 4.54. The summed E-state index contributed by atoms with van der Waals surface area (Å²) in [5.74, 6) is 1.75. The fourth-order valence-electron chi connectivity index (χ4n) is 1.52. The van der Waals surface area contributed by atoms with Gasteiger partial charge in [-0.1, -0.05) is 12.0 Å². The summed E-state index contributed by atoms with van der Waals surface area (Å²) in [5, 5.41) is 9.58. The van der Waals surface area contributed by atoms with Gasteiger partial charge in [0.1, 0.15) is 0 Å². The minimum absolute atomic E-state index is 0.136. The molecule has 0 aliphatic rings. The summed E-state index contributed by atoms with van der Waals surface area (Å²) in [5.41, 5.74) is 0.790. The number of hydrogen-bond acceptors (Lipinski definition) is 3. The molecule has 0 aliphatic heterocycles. The fourth-order valence-corrected chi connectivity index (χ4v) is 1.52. The van der Waals surface area contributed by atoms with Crippen molar-refractivity contribution in [2.45, 2.75) is 0 Å². The SMILES string of the molecule is C#CCOc1ccc2c(C(=O)O)cccc2n1. The van der Waals surface area contributed by atoms with Crippen LogP contribution in [0.5, 0.6) is 5.88 Å². The van der Waals surface area contributed by atoms with E-state index in [2.05, 4.69) is 10.9 Å². The molecule has 0 aliphatic carbocycles. The molecule has 1 heterocycles. The summed E-state index contributed by atoms with van der Waals surface area (Å²) in [6, 6.07) is 8.17. The molecule has 0 fully saturated rings. The molecule has 0 unspecified atom stereocenters. The predicted molar refractivity (Wildman–Crippen MR) is 63.0 cm³/mol. The zero-order valence-electron chi connectivity index (χ0n) is 8.88. The third kappa shape index (κ3) is 2.18. The number of ether oxygens (including phenoxy) is 1. The van der Waals surface area contributed by atoms with Gasteiger partial charge in [-0.15, -0.1) is 6.42 Å². The maximum absolute atomic E-state index is 11.0. The number of fused-ring (bicyclic) bond motifs is 1. The fraction of sp³-hybridized carbons (Fsp3) is 0.0769. The first-order chi connectivity index (χ1) is 8.22. The molecule has 0 amide bonds. The summed E-state index contributed by atoms with van der Waals surface area (Å²) in [6.45, 7) is 0.136. The van der Waals surface area contributed by atoms with Crippen molar-refractivity contribution < 1.29 is 14.6 Å². The average molecular weight is 227 g/mol. The lowest BCUT2D eigenvalue weighted by Crippen LogP contribution is -1.99. The summed E-state index contributed by atoms with van der Waals surface area (Å²) < 4.78 is 5.17. The minimum atomic E-state index is -0.977. The van der Waals surface area contributed by atoms with Gasteiger partial charge >= 0.3 is 5.97 Å². The van der Waals surface area contributed by atoms with E-state index in [9.17, 15) is 4.79 Å². The lowest BCUT2D eigenvalue weighted by atomic mass is 10.1. The molecular formula is C13H9NO3. The topological polar surface area (TPSA) is 59.4 Å². The van der Waals surface area contributed by atoms with Crippen LogP contribution in [0.25, 0.3) is 10.9 Å². The molecule has 1 N–H and O–H groups in total. The molecule has 84 valence electrons. The van der Waals surface area contributed by atoms with E-state index >= 15 is 0 Å². The van der Waals surface area contributed by atoms with Gasteiger partial charge in [0.2, 0.25) is 5.88 Å². The molecule has 4 heteroatoms. The van der Waals surface area contributed by atoms with Crippen molar-refractivity contribution >= 4 is 16.9 Å². The maximum Gasteiger partial charge on any atom is 0.336 e. The molecule has 0 saturated heterocycles. The molecule has 0 saturated carbocycles. The van der Waals surface area contributed by atoms with Gasteiger partial charge in [-0.2, -0.15) is 0 Å². The molecule has 0 radical (unpaired) electrons. The molecule has 2 rings (SSSR count). The van der Waals surface area contributed by atoms with Crippen LogP contribution in [-0.2, 0) is 0 Å². The molecule has 1 aromatic heterocycles. The van der Waals surface area contributed by atoms with Crippen molar-refractivity contribution in [1.82, 2.24) is 4.98 Å². The summed E-state index contributed by atoms with van der Waals surface area (Å²) >= 11 is 0. The Morgan fingerprint density at radius 2 is 2.24 bits per heavy atom. The number of carbonyl (C=O) groups is 1. The first kappa shape index (κ1) is 11.0. The van der Waals surface area contributed by atoms with E-state index in [0.717, 1.165) is 0 Å². The van der Waals surface area contributed by atoms with Gasteiger partial charge in [-0.05, 0) is 18.2 Å². The first-order valence-electron chi connectivity index (χ1n) is 4.91. The Labute approximate surface area is 97.9 Å². The Balaban J connectivity index is 2.50. The lowest BCUT2D eigenvalue weighted by Gasteiger charge is -2.04. The number of hydrogen-bond donors (Lipinski definition) is 1. The second-order valence-corrected chi connectivity index (χ2v) is 3.32. The van der Waals surface area contributed by atoms with E-state index in [1.54, 1.807) is 24.3 Å². The summed E-state index contributed by atoms with van der Waals surface area (Å²) in [6.07, 6.45) is 5.07. The van der Waals surface area contributed by atoms with Gasteiger partial charge in [-0.25, -0.2) is 9.78 Å². The Morgan fingerprint density at radius 3 is 2.94 bits per heavy atom. The van der Waals surface area contributed by atoms with Crippen molar-refractivity contribution in [3.8, 4) is 18.2 Å². The van der Waals surface area contributed by atoms with Crippen LogP contribution in [0.3, 0.4) is 0 Å². The van der Waals surface area contributed by atoms with Gasteiger partial charge in [0.15, 0.2) is 6.61 Å². The Morgan fingerprint density at radius 1 is 1.41 bits per heavy atom. The van der Waals surface area contributed by atoms with E-state index < -0.39 is 5.97 Å². The number of terminal acetylenes is 1. The third-order valence-corrected chi connectivity index (χ3v) is 2.24. The first-order valence-corrected chi connectivity index (χ1v) is 4.91. The largest absolute Gasteiger partial charge is 0.478 e. The normalized spacial score (nSPS) is 9.82. The van der Waals surface area contributed by atoms with E-state index in [4.69, 9.17) is 16.3 Å². The third-order valence-electron chi connectivity index (χ3n) is 2.24. The number of nitrogens with zero attached hydrogens (tertiary/aromatic N) is 1. The van der Waals surface area contributed by atoms with Gasteiger partial charge < -0.3 is 9.84 Å². The van der Waals surface area contributed by atoms with Crippen LogP contribution in [0, 0.1) is 12.3 Å². The second-order valence-electron chi connectivity index (χ2n) is 3.32. The highest BCUT2D eigenvalue weighted by Gasteiger charge is 2.09.